The van der Waals surface area contributed by atoms with Crippen LogP contribution >= 0.6 is 0 Å². The lowest BCUT2D eigenvalue weighted by molar-refractivity contribution is -0.151. The Balaban J connectivity index is 1.37. The lowest BCUT2D eigenvalue weighted by Gasteiger charge is -2.37. The maximum absolute atomic E-state index is 13.0. The molecule has 4 rings (SSSR count). The molecule has 2 bridgehead atoms. The predicted octanol–water partition coefficient (Wildman–Crippen LogP) is 0.896. The third-order valence-electron chi connectivity index (χ3n) is 6.22. The number of hydrogen-bond acceptors (Lipinski definition) is 4. The fourth-order valence-electron chi connectivity index (χ4n) is 4.88. The van der Waals surface area contributed by atoms with Crippen LogP contribution in [0.25, 0.3) is 0 Å². The highest BCUT2D eigenvalue weighted by Gasteiger charge is 2.52. The summed E-state index contributed by atoms with van der Waals surface area (Å²) in [5.74, 6) is -1.59. The van der Waals surface area contributed by atoms with Crippen LogP contribution in [0.2, 0.25) is 0 Å². The number of aryl methyl sites for hydroxylation is 2. The van der Waals surface area contributed by atoms with Gasteiger partial charge in [0.15, 0.2) is 0 Å². The molecule has 1 aliphatic heterocycles. The molecule has 0 unspecified atom stereocenters. The molecule has 7 nitrogen and oxygen atoms in total. The van der Waals surface area contributed by atoms with Gasteiger partial charge in [-0.25, -0.2) is 0 Å². The van der Waals surface area contributed by atoms with Crippen molar-refractivity contribution in [1.29, 1.82) is 0 Å². The van der Waals surface area contributed by atoms with E-state index >= 15 is 0 Å². The second-order valence-electron chi connectivity index (χ2n) is 7.85. The summed E-state index contributed by atoms with van der Waals surface area (Å²) >= 11 is 0. The fraction of sp³-hybridized carbons (Fsp3) is 0.632. The van der Waals surface area contributed by atoms with Crippen LogP contribution in [0.4, 0.5) is 0 Å². The van der Waals surface area contributed by atoms with Crippen molar-refractivity contribution in [2.24, 2.45) is 30.7 Å². The third kappa shape index (κ3) is 2.94. The molecule has 1 saturated heterocycles. The Labute approximate surface area is 153 Å². The van der Waals surface area contributed by atoms with Crippen molar-refractivity contribution in [3.8, 4) is 0 Å². The number of aromatic nitrogens is 2. The standard InChI is InChI=1S/C19H26N4O3/c1-12-15(10-21(2)20-12)11-22-5-7-23(8-6-22)18(24)16-13-3-4-14(9-13)17(16)19(25)26/h3-4,10,13-14,16-17H,5-9,11H2,1-2H3,(H,25,26)/t13-,14-,16-,17+/m0/s1. The molecule has 1 amide bonds. The van der Waals surface area contributed by atoms with Crippen molar-refractivity contribution < 1.29 is 14.7 Å². The van der Waals surface area contributed by atoms with E-state index in [1.165, 1.54) is 5.56 Å². The van der Waals surface area contributed by atoms with Crippen molar-refractivity contribution in [3.63, 3.8) is 0 Å². The van der Waals surface area contributed by atoms with Gasteiger partial charge in [-0.3, -0.25) is 19.2 Å². The summed E-state index contributed by atoms with van der Waals surface area (Å²) in [6.07, 6.45) is 6.90. The zero-order valence-electron chi connectivity index (χ0n) is 15.3. The van der Waals surface area contributed by atoms with Crippen LogP contribution < -0.4 is 0 Å². The Morgan fingerprint density at radius 2 is 1.81 bits per heavy atom. The van der Waals surface area contributed by atoms with Gasteiger partial charge in [0, 0.05) is 51.5 Å². The number of aliphatic carboxylic acids is 1. The zero-order chi connectivity index (χ0) is 18.4. The van der Waals surface area contributed by atoms with E-state index in [9.17, 15) is 14.7 Å². The van der Waals surface area contributed by atoms with E-state index in [2.05, 4.69) is 10.00 Å². The number of carbonyl (C=O) groups excluding carboxylic acids is 1. The quantitative estimate of drug-likeness (QED) is 0.809. The number of hydrogen-bond donors (Lipinski definition) is 1. The molecule has 1 N–H and O–H groups in total. The topological polar surface area (TPSA) is 78.7 Å². The summed E-state index contributed by atoms with van der Waals surface area (Å²) < 4.78 is 1.83. The van der Waals surface area contributed by atoms with E-state index in [-0.39, 0.29) is 23.7 Å². The Morgan fingerprint density at radius 1 is 1.15 bits per heavy atom. The normalized spacial score (nSPS) is 30.9. The van der Waals surface area contributed by atoms with Crippen molar-refractivity contribution in [2.45, 2.75) is 19.9 Å². The molecular formula is C19H26N4O3. The Bertz CT molecular complexity index is 748. The van der Waals surface area contributed by atoms with E-state index in [1.54, 1.807) is 0 Å². The van der Waals surface area contributed by atoms with E-state index in [1.807, 2.05) is 41.9 Å². The number of rotatable bonds is 4. The van der Waals surface area contributed by atoms with Crippen molar-refractivity contribution in [1.82, 2.24) is 19.6 Å². The van der Waals surface area contributed by atoms with Gasteiger partial charge in [0.1, 0.15) is 0 Å². The van der Waals surface area contributed by atoms with Gasteiger partial charge in [-0.15, -0.1) is 0 Å². The molecule has 1 aromatic rings. The van der Waals surface area contributed by atoms with Crippen molar-refractivity contribution in [2.75, 3.05) is 26.2 Å². The summed E-state index contributed by atoms with van der Waals surface area (Å²) in [6, 6.07) is 0. The van der Waals surface area contributed by atoms with Gasteiger partial charge < -0.3 is 10.0 Å². The maximum atomic E-state index is 13.0. The van der Waals surface area contributed by atoms with Crippen molar-refractivity contribution >= 4 is 11.9 Å². The number of fused-ring (bicyclic) bond motifs is 2. The minimum atomic E-state index is -0.828. The van der Waals surface area contributed by atoms with Crippen LogP contribution in [-0.2, 0) is 23.2 Å². The van der Waals surface area contributed by atoms with Gasteiger partial charge in [0.05, 0.1) is 17.5 Å². The largest absolute Gasteiger partial charge is 0.481 e. The highest BCUT2D eigenvalue weighted by molar-refractivity contribution is 5.87. The highest BCUT2D eigenvalue weighted by Crippen LogP contribution is 2.48. The molecule has 2 aliphatic carbocycles. The second kappa shape index (κ2) is 6.54. The minimum Gasteiger partial charge on any atom is -0.481 e. The van der Waals surface area contributed by atoms with Crippen LogP contribution in [0, 0.1) is 30.6 Å². The number of carboxylic acid groups (broad SMARTS) is 1. The second-order valence-corrected chi connectivity index (χ2v) is 7.85. The molecule has 3 aliphatic rings. The van der Waals surface area contributed by atoms with Gasteiger partial charge >= 0.3 is 5.97 Å². The van der Waals surface area contributed by atoms with Crippen LogP contribution in [0.15, 0.2) is 18.3 Å². The monoisotopic (exact) mass is 358 g/mol. The van der Waals surface area contributed by atoms with Crippen LogP contribution in [0.1, 0.15) is 17.7 Å². The third-order valence-corrected chi connectivity index (χ3v) is 6.22. The average Bonchev–Trinajstić information content (AvgIpc) is 3.29. The van der Waals surface area contributed by atoms with E-state index in [0.29, 0.717) is 13.1 Å². The number of piperazine rings is 1. The molecule has 2 fully saturated rings. The van der Waals surface area contributed by atoms with E-state index in [0.717, 1.165) is 31.7 Å². The summed E-state index contributed by atoms with van der Waals surface area (Å²) in [5, 5.41) is 13.9. The molecule has 26 heavy (non-hydrogen) atoms. The number of nitrogens with zero attached hydrogens (tertiary/aromatic N) is 4. The molecule has 0 radical (unpaired) electrons. The summed E-state index contributed by atoms with van der Waals surface area (Å²) in [5.41, 5.74) is 2.26. The number of carbonyl (C=O) groups is 2. The van der Waals surface area contributed by atoms with Crippen LogP contribution in [-0.4, -0.2) is 62.7 Å². The Kier molecular flexibility index (Phi) is 4.34. The van der Waals surface area contributed by atoms with Gasteiger partial charge in [-0.2, -0.15) is 5.10 Å². The molecule has 0 spiro atoms. The number of amides is 1. The SMILES string of the molecule is Cc1nn(C)cc1CN1CCN(C(=O)[C@@H]2[C@H](C(=O)O)[C@H]3C=C[C@H]2C3)CC1. The lowest BCUT2D eigenvalue weighted by Crippen LogP contribution is -2.52. The Morgan fingerprint density at radius 3 is 2.38 bits per heavy atom. The lowest BCUT2D eigenvalue weighted by atomic mass is 9.82. The first-order valence-electron chi connectivity index (χ1n) is 9.35. The van der Waals surface area contributed by atoms with E-state index in [4.69, 9.17) is 0 Å². The molecule has 1 saturated carbocycles. The molecule has 1 aromatic heterocycles. The van der Waals surface area contributed by atoms with Gasteiger partial charge in [0.25, 0.3) is 0 Å². The van der Waals surface area contributed by atoms with E-state index < -0.39 is 11.9 Å². The average molecular weight is 358 g/mol. The molecule has 140 valence electrons. The summed E-state index contributed by atoms with van der Waals surface area (Å²) in [7, 11) is 1.93. The molecular weight excluding hydrogens is 332 g/mol. The minimum absolute atomic E-state index is 0.0290. The first kappa shape index (κ1) is 17.3. The molecule has 4 atom stereocenters. The first-order chi connectivity index (χ1) is 12.4. The summed E-state index contributed by atoms with van der Waals surface area (Å²) in [4.78, 5) is 28.9. The molecule has 7 heteroatoms. The number of carboxylic acids is 1. The number of allylic oxidation sites excluding steroid dienone is 2. The summed E-state index contributed by atoms with van der Waals surface area (Å²) in [6.45, 7) is 5.83. The van der Waals surface area contributed by atoms with Gasteiger partial charge in [-0.05, 0) is 25.2 Å². The maximum Gasteiger partial charge on any atom is 0.307 e. The smallest absolute Gasteiger partial charge is 0.307 e. The van der Waals surface area contributed by atoms with Crippen molar-refractivity contribution in [3.05, 3.63) is 29.6 Å². The Hall–Kier alpha value is -2.15. The fourth-order valence-corrected chi connectivity index (χ4v) is 4.88. The van der Waals surface area contributed by atoms with Crippen LogP contribution in [0.5, 0.6) is 0 Å². The first-order valence-corrected chi connectivity index (χ1v) is 9.35. The molecule has 0 aromatic carbocycles. The van der Waals surface area contributed by atoms with Gasteiger partial charge in [0.2, 0.25) is 5.91 Å². The predicted molar refractivity (Wildman–Crippen MR) is 95.2 cm³/mol. The molecule has 2 heterocycles. The van der Waals surface area contributed by atoms with Gasteiger partial charge in [-0.1, -0.05) is 12.2 Å². The van der Waals surface area contributed by atoms with Crippen LogP contribution in [0.3, 0.4) is 0 Å². The highest BCUT2D eigenvalue weighted by atomic mass is 16.4. The zero-order valence-corrected chi connectivity index (χ0v) is 15.3.